The summed E-state index contributed by atoms with van der Waals surface area (Å²) < 4.78 is 12.7. The molecule has 2 aromatic rings. The second-order valence-corrected chi connectivity index (χ2v) is 6.22. The maximum absolute atomic E-state index is 9.76. The first-order valence-corrected chi connectivity index (χ1v) is 8.79. The number of ether oxygens (including phenoxy) is 2. The number of benzene rings is 2. The fraction of sp³-hybridized carbons (Fsp3) is 0.368. The van der Waals surface area contributed by atoms with Crippen molar-refractivity contribution in [3.8, 4) is 17.2 Å². The van der Waals surface area contributed by atoms with Crippen LogP contribution in [0.4, 0.5) is 0 Å². The molecule has 0 saturated carbocycles. The summed E-state index contributed by atoms with van der Waals surface area (Å²) in [6.07, 6.45) is 2.49. The molecule has 4 heteroatoms. The highest BCUT2D eigenvalue weighted by Gasteiger charge is 2.10. The summed E-state index contributed by atoms with van der Waals surface area (Å²) in [5, 5.41) is 9.76. The number of hydrogen-bond donors (Lipinski definition) is 1. The van der Waals surface area contributed by atoms with Crippen molar-refractivity contribution in [1.29, 1.82) is 0 Å². The van der Waals surface area contributed by atoms with Crippen molar-refractivity contribution in [3.05, 3.63) is 52.0 Å². The first kappa shape index (κ1) is 17.7. The Hall–Kier alpha value is -1.68. The topological polar surface area (TPSA) is 38.7 Å². The maximum Gasteiger partial charge on any atom is 0.125 e. The van der Waals surface area contributed by atoms with Gasteiger partial charge in [-0.05, 0) is 60.4 Å². The van der Waals surface area contributed by atoms with Crippen LogP contribution in [-0.4, -0.2) is 18.3 Å². The molecule has 0 aliphatic carbocycles. The zero-order chi connectivity index (χ0) is 16.7. The van der Waals surface area contributed by atoms with Crippen LogP contribution in [0, 0.1) is 0 Å². The lowest BCUT2D eigenvalue weighted by atomic mass is 10.0. The molecule has 0 aliphatic heterocycles. The van der Waals surface area contributed by atoms with E-state index in [0.717, 1.165) is 46.4 Å². The van der Waals surface area contributed by atoms with Gasteiger partial charge in [0.2, 0.25) is 0 Å². The third kappa shape index (κ3) is 5.17. The molecule has 2 aromatic carbocycles. The molecule has 0 radical (unpaired) electrons. The minimum absolute atomic E-state index is 0.310. The Balaban J connectivity index is 1.85. The summed E-state index contributed by atoms with van der Waals surface area (Å²) in [6.45, 7) is 5.35. The fourth-order valence-electron chi connectivity index (χ4n) is 2.40. The molecule has 0 saturated heterocycles. The van der Waals surface area contributed by atoms with E-state index in [4.69, 9.17) is 9.47 Å². The van der Waals surface area contributed by atoms with Gasteiger partial charge in [0, 0.05) is 10.9 Å². The van der Waals surface area contributed by atoms with Crippen LogP contribution in [-0.2, 0) is 12.8 Å². The molecule has 1 N–H and O–H groups in total. The molecule has 0 amide bonds. The van der Waals surface area contributed by atoms with E-state index in [1.807, 2.05) is 24.3 Å². The number of rotatable bonds is 8. The average Bonchev–Trinajstić information content (AvgIpc) is 2.56. The molecule has 23 heavy (non-hydrogen) atoms. The van der Waals surface area contributed by atoms with Crippen molar-refractivity contribution in [3.63, 3.8) is 0 Å². The monoisotopic (exact) mass is 378 g/mol. The highest BCUT2D eigenvalue weighted by molar-refractivity contribution is 9.10. The Bertz CT molecular complexity index is 598. The summed E-state index contributed by atoms with van der Waals surface area (Å²) in [6, 6.07) is 11.4. The van der Waals surface area contributed by atoms with Crippen molar-refractivity contribution in [2.75, 3.05) is 13.2 Å². The van der Waals surface area contributed by atoms with Gasteiger partial charge in [0.05, 0.1) is 13.2 Å². The largest absolute Gasteiger partial charge is 0.508 e. The number of phenols is 1. The van der Waals surface area contributed by atoms with Crippen molar-refractivity contribution in [1.82, 2.24) is 0 Å². The molecule has 3 nitrogen and oxygen atoms in total. The van der Waals surface area contributed by atoms with Crippen LogP contribution < -0.4 is 9.47 Å². The van der Waals surface area contributed by atoms with E-state index < -0.39 is 0 Å². The predicted octanol–water partition coefficient (Wildman–Crippen LogP) is 5.13. The quantitative estimate of drug-likeness (QED) is 0.647. The number of phenolic OH excluding ortho intramolecular Hbond substituents is 1. The van der Waals surface area contributed by atoms with Gasteiger partial charge >= 0.3 is 0 Å². The molecule has 0 unspecified atom stereocenters. The van der Waals surface area contributed by atoms with Crippen LogP contribution in [0.1, 0.15) is 31.4 Å². The van der Waals surface area contributed by atoms with Crippen molar-refractivity contribution < 1.29 is 14.6 Å². The second-order valence-electron chi connectivity index (χ2n) is 5.30. The first-order chi connectivity index (χ1) is 11.1. The van der Waals surface area contributed by atoms with Crippen molar-refractivity contribution in [2.45, 2.75) is 33.1 Å². The minimum atomic E-state index is 0.310. The summed E-state index contributed by atoms with van der Waals surface area (Å²) in [7, 11) is 0. The van der Waals surface area contributed by atoms with E-state index in [9.17, 15) is 5.11 Å². The van der Waals surface area contributed by atoms with Gasteiger partial charge in [-0.25, -0.2) is 0 Å². The fourth-order valence-corrected chi connectivity index (χ4v) is 2.66. The maximum atomic E-state index is 9.76. The SMILES string of the molecule is CCc1cc(O)cc(CC)c1OCCCOc1ccc(Br)cc1. The standard InChI is InChI=1S/C19H23BrO3/c1-3-14-12-17(21)13-15(4-2)19(14)23-11-5-10-22-18-8-6-16(20)7-9-18/h6-9,12-13,21H,3-5,10-11H2,1-2H3. The lowest BCUT2D eigenvalue weighted by Crippen LogP contribution is -2.07. The van der Waals surface area contributed by atoms with E-state index in [1.54, 1.807) is 12.1 Å². The molecule has 0 spiro atoms. The van der Waals surface area contributed by atoms with Crippen LogP contribution in [0.25, 0.3) is 0 Å². The molecule has 0 bridgehead atoms. The minimum Gasteiger partial charge on any atom is -0.508 e. The van der Waals surface area contributed by atoms with E-state index in [1.165, 1.54) is 0 Å². The third-order valence-electron chi connectivity index (χ3n) is 3.61. The molecule has 0 atom stereocenters. The second kappa shape index (κ2) is 8.82. The van der Waals surface area contributed by atoms with E-state index >= 15 is 0 Å². The zero-order valence-electron chi connectivity index (χ0n) is 13.6. The Kier molecular flexibility index (Phi) is 6.78. The number of halogens is 1. The lowest BCUT2D eigenvalue weighted by Gasteiger charge is -2.15. The Morgan fingerprint density at radius 3 is 2.04 bits per heavy atom. The van der Waals surface area contributed by atoms with Gasteiger partial charge < -0.3 is 14.6 Å². The van der Waals surface area contributed by atoms with Gasteiger partial charge in [0.15, 0.2) is 0 Å². The summed E-state index contributed by atoms with van der Waals surface area (Å²) in [4.78, 5) is 0. The molecular formula is C19H23BrO3. The zero-order valence-corrected chi connectivity index (χ0v) is 15.2. The number of aromatic hydroxyl groups is 1. The van der Waals surface area contributed by atoms with Gasteiger partial charge in [0.25, 0.3) is 0 Å². The van der Waals surface area contributed by atoms with Gasteiger partial charge in [-0.2, -0.15) is 0 Å². The molecular weight excluding hydrogens is 356 g/mol. The number of hydrogen-bond acceptors (Lipinski definition) is 3. The summed E-state index contributed by atoms with van der Waals surface area (Å²) in [5.74, 6) is 2.09. The van der Waals surface area contributed by atoms with E-state index in [-0.39, 0.29) is 0 Å². The van der Waals surface area contributed by atoms with Crippen LogP contribution in [0.5, 0.6) is 17.2 Å². The smallest absolute Gasteiger partial charge is 0.125 e. The average molecular weight is 379 g/mol. The van der Waals surface area contributed by atoms with Gasteiger partial charge in [0.1, 0.15) is 17.2 Å². The summed E-state index contributed by atoms with van der Waals surface area (Å²) in [5.41, 5.74) is 2.10. The highest BCUT2D eigenvalue weighted by atomic mass is 79.9. The van der Waals surface area contributed by atoms with Crippen LogP contribution in [0.15, 0.2) is 40.9 Å². The van der Waals surface area contributed by atoms with Gasteiger partial charge in [-0.15, -0.1) is 0 Å². The Morgan fingerprint density at radius 2 is 1.48 bits per heavy atom. The highest BCUT2D eigenvalue weighted by Crippen LogP contribution is 2.30. The van der Waals surface area contributed by atoms with Gasteiger partial charge in [-0.3, -0.25) is 0 Å². The Morgan fingerprint density at radius 1 is 0.913 bits per heavy atom. The van der Waals surface area contributed by atoms with Crippen LogP contribution >= 0.6 is 15.9 Å². The third-order valence-corrected chi connectivity index (χ3v) is 4.14. The molecule has 0 fully saturated rings. The molecule has 0 aliphatic rings. The van der Waals surface area contributed by atoms with E-state index in [0.29, 0.717) is 19.0 Å². The van der Waals surface area contributed by atoms with Crippen LogP contribution in [0.2, 0.25) is 0 Å². The summed E-state index contributed by atoms with van der Waals surface area (Å²) >= 11 is 3.40. The van der Waals surface area contributed by atoms with Crippen molar-refractivity contribution in [2.24, 2.45) is 0 Å². The normalized spacial score (nSPS) is 10.6. The molecule has 0 aromatic heterocycles. The Labute approximate surface area is 146 Å². The number of aryl methyl sites for hydroxylation is 2. The predicted molar refractivity (Wildman–Crippen MR) is 96.6 cm³/mol. The molecule has 0 heterocycles. The van der Waals surface area contributed by atoms with Crippen LogP contribution in [0.3, 0.4) is 0 Å². The van der Waals surface area contributed by atoms with Crippen molar-refractivity contribution >= 4 is 15.9 Å². The lowest BCUT2D eigenvalue weighted by molar-refractivity contribution is 0.245. The molecule has 2 rings (SSSR count). The molecule has 124 valence electrons. The van der Waals surface area contributed by atoms with E-state index in [2.05, 4.69) is 29.8 Å². The first-order valence-electron chi connectivity index (χ1n) is 8.00. The van der Waals surface area contributed by atoms with Gasteiger partial charge in [-0.1, -0.05) is 29.8 Å².